The zero-order valence-electron chi connectivity index (χ0n) is 13.7. The Kier molecular flexibility index (Phi) is 4.70. The zero-order valence-corrected chi connectivity index (χ0v) is 14.5. The van der Waals surface area contributed by atoms with Crippen molar-refractivity contribution in [2.24, 2.45) is 5.92 Å². The maximum absolute atomic E-state index is 12.9. The number of benzene rings is 1. The van der Waals surface area contributed by atoms with Gasteiger partial charge in [0.1, 0.15) is 6.54 Å². The zero-order chi connectivity index (χ0) is 18.4. The second kappa shape index (κ2) is 6.52. The van der Waals surface area contributed by atoms with E-state index < -0.39 is 24.5 Å². The smallest absolute Gasteiger partial charge is 0.333 e. The monoisotopic (exact) mass is 374 g/mol. The molecule has 0 radical (unpaired) electrons. The lowest BCUT2D eigenvalue weighted by Crippen LogP contribution is -2.41. The number of halogens is 4. The van der Waals surface area contributed by atoms with E-state index in [1.807, 2.05) is 13.0 Å². The number of anilines is 1. The van der Waals surface area contributed by atoms with Crippen molar-refractivity contribution in [3.63, 3.8) is 0 Å². The fourth-order valence-electron chi connectivity index (χ4n) is 3.67. The van der Waals surface area contributed by atoms with E-state index >= 15 is 0 Å². The van der Waals surface area contributed by atoms with Crippen LogP contribution in [0.1, 0.15) is 24.0 Å². The number of likely N-dealkylation sites (tertiary alicyclic amines) is 1. The summed E-state index contributed by atoms with van der Waals surface area (Å²) in [6, 6.07) is 3.58. The molecule has 4 nitrogen and oxygen atoms in total. The molecule has 0 spiro atoms. The van der Waals surface area contributed by atoms with Crippen molar-refractivity contribution in [3.8, 4) is 0 Å². The van der Waals surface area contributed by atoms with Crippen LogP contribution in [0.2, 0.25) is 5.02 Å². The van der Waals surface area contributed by atoms with Crippen LogP contribution in [0.4, 0.5) is 18.9 Å². The van der Waals surface area contributed by atoms with Crippen LogP contribution < -0.4 is 4.90 Å². The van der Waals surface area contributed by atoms with Gasteiger partial charge in [-0.1, -0.05) is 11.6 Å². The largest absolute Gasteiger partial charge is 0.406 e. The van der Waals surface area contributed by atoms with Gasteiger partial charge in [0.2, 0.25) is 11.8 Å². The van der Waals surface area contributed by atoms with Crippen LogP contribution in [0.3, 0.4) is 0 Å². The second-order valence-electron chi connectivity index (χ2n) is 6.61. The van der Waals surface area contributed by atoms with E-state index in [2.05, 4.69) is 0 Å². The van der Waals surface area contributed by atoms with Gasteiger partial charge in [0, 0.05) is 30.2 Å². The molecule has 1 atom stereocenters. The quantitative estimate of drug-likeness (QED) is 0.796. The summed E-state index contributed by atoms with van der Waals surface area (Å²) in [5.74, 6) is -1.65. The van der Waals surface area contributed by atoms with Gasteiger partial charge in [0.25, 0.3) is 0 Å². The third-order valence-electron chi connectivity index (χ3n) is 4.64. The molecule has 0 bridgehead atoms. The minimum absolute atomic E-state index is 0.173. The van der Waals surface area contributed by atoms with E-state index in [1.165, 1.54) is 0 Å². The highest BCUT2D eigenvalue weighted by molar-refractivity contribution is 6.30. The Balaban J connectivity index is 1.81. The third kappa shape index (κ3) is 3.76. The van der Waals surface area contributed by atoms with Gasteiger partial charge in [-0.05, 0) is 43.0 Å². The van der Waals surface area contributed by atoms with Crippen molar-refractivity contribution in [2.75, 3.05) is 24.5 Å². The van der Waals surface area contributed by atoms with Crippen molar-refractivity contribution in [1.82, 2.24) is 4.90 Å². The molecule has 1 unspecified atom stereocenters. The molecule has 136 valence electrons. The van der Waals surface area contributed by atoms with Gasteiger partial charge in [0.15, 0.2) is 0 Å². The topological polar surface area (TPSA) is 40.6 Å². The van der Waals surface area contributed by atoms with Crippen LogP contribution in [0.25, 0.3) is 0 Å². The van der Waals surface area contributed by atoms with Crippen molar-refractivity contribution < 1.29 is 22.8 Å². The summed E-state index contributed by atoms with van der Waals surface area (Å²) in [7, 11) is 0. The number of rotatable bonds is 2. The highest BCUT2D eigenvalue weighted by Crippen LogP contribution is 2.35. The number of amides is 2. The molecule has 1 fully saturated rings. The summed E-state index contributed by atoms with van der Waals surface area (Å²) in [6.45, 7) is 0.862. The van der Waals surface area contributed by atoms with Crippen LogP contribution in [-0.2, 0) is 16.0 Å². The van der Waals surface area contributed by atoms with E-state index in [0.717, 1.165) is 34.6 Å². The first-order chi connectivity index (χ1) is 11.7. The number of aryl methyl sites for hydroxylation is 2. The maximum Gasteiger partial charge on any atom is 0.406 e. The normalized spacial score (nSPS) is 20.8. The molecule has 0 saturated carbocycles. The van der Waals surface area contributed by atoms with Crippen molar-refractivity contribution in [2.45, 2.75) is 32.4 Å². The van der Waals surface area contributed by atoms with Crippen molar-refractivity contribution >= 4 is 29.1 Å². The number of alkyl halides is 3. The van der Waals surface area contributed by atoms with Gasteiger partial charge in [0.05, 0.1) is 5.92 Å². The van der Waals surface area contributed by atoms with E-state index in [9.17, 15) is 22.8 Å². The Morgan fingerprint density at radius 3 is 2.76 bits per heavy atom. The van der Waals surface area contributed by atoms with Crippen molar-refractivity contribution in [1.29, 1.82) is 0 Å². The highest BCUT2D eigenvalue weighted by atomic mass is 35.5. The molecule has 8 heteroatoms. The first kappa shape index (κ1) is 18.0. The molecular formula is C17H18ClF3N2O2. The Morgan fingerprint density at radius 1 is 1.36 bits per heavy atom. The lowest BCUT2D eigenvalue weighted by Gasteiger charge is -2.33. The van der Waals surface area contributed by atoms with Crippen LogP contribution in [0.5, 0.6) is 0 Å². The summed E-state index contributed by atoms with van der Waals surface area (Å²) in [6.07, 6.45) is -3.08. The molecule has 1 saturated heterocycles. The number of fused-ring (bicyclic) bond motifs is 1. The lowest BCUT2D eigenvalue weighted by atomic mass is 9.96. The number of carbonyl (C=O) groups is 2. The Labute approximate surface area is 148 Å². The standard InChI is InChI=1S/C17H18ClF3N2O2/c1-10-5-13(18)6-11-3-2-4-23(15(10)11)16(25)12-7-14(24)22(8-12)9-17(19,20)21/h5-6,12H,2-4,7-9H2,1H3. The lowest BCUT2D eigenvalue weighted by molar-refractivity contribution is -0.157. The summed E-state index contributed by atoms with van der Waals surface area (Å²) >= 11 is 6.07. The average Bonchev–Trinajstić information content (AvgIpc) is 2.84. The fourth-order valence-corrected chi connectivity index (χ4v) is 3.96. The second-order valence-corrected chi connectivity index (χ2v) is 7.05. The minimum Gasteiger partial charge on any atom is -0.333 e. The molecule has 0 N–H and O–H groups in total. The van der Waals surface area contributed by atoms with Crippen molar-refractivity contribution in [3.05, 3.63) is 28.3 Å². The van der Waals surface area contributed by atoms with Gasteiger partial charge < -0.3 is 9.80 Å². The molecule has 2 amide bonds. The molecule has 0 aromatic heterocycles. The molecular weight excluding hydrogens is 357 g/mol. The Morgan fingerprint density at radius 2 is 2.08 bits per heavy atom. The molecule has 2 aliphatic rings. The first-order valence-corrected chi connectivity index (χ1v) is 8.48. The average molecular weight is 375 g/mol. The molecule has 2 aliphatic heterocycles. The molecule has 3 rings (SSSR count). The van der Waals surface area contributed by atoms with Gasteiger partial charge in [-0.3, -0.25) is 9.59 Å². The van der Waals surface area contributed by atoms with Gasteiger partial charge >= 0.3 is 6.18 Å². The fraction of sp³-hybridized carbons (Fsp3) is 0.529. The van der Waals surface area contributed by atoms with Crippen LogP contribution >= 0.6 is 11.6 Å². The van der Waals surface area contributed by atoms with E-state index in [1.54, 1.807) is 11.0 Å². The van der Waals surface area contributed by atoms with E-state index in [-0.39, 0.29) is 18.9 Å². The van der Waals surface area contributed by atoms with Gasteiger partial charge in [-0.25, -0.2) is 0 Å². The molecule has 0 aliphatic carbocycles. The number of hydrogen-bond donors (Lipinski definition) is 0. The van der Waals surface area contributed by atoms with E-state index in [4.69, 9.17) is 11.6 Å². The summed E-state index contributed by atoms with van der Waals surface area (Å²) in [4.78, 5) is 27.1. The predicted octanol–water partition coefficient (Wildman–Crippen LogP) is 3.34. The third-order valence-corrected chi connectivity index (χ3v) is 4.86. The van der Waals surface area contributed by atoms with Crippen LogP contribution in [0.15, 0.2) is 12.1 Å². The highest BCUT2D eigenvalue weighted by Gasteiger charge is 2.42. The van der Waals surface area contributed by atoms with Crippen LogP contribution in [-0.4, -0.2) is 42.5 Å². The Bertz CT molecular complexity index is 721. The first-order valence-electron chi connectivity index (χ1n) is 8.10. The summed E-state index contributed by atoms with van der Waals surface area (Å²) in [5.41, 5.74) is 2.59. The predicted molar refractivity (Wildman–Crippen MR) is 87.6 cm³/mol. The van der Waals surface area contributed by atoms with E-state index in [0.29, 0.717) is 11.6 Å². The number of hydrogen-bond acceptors (Lipinski definition) is 2. The maximum atomic E-state index is 12.9. The molecule has 2 heterocycles. The molecule has 25 heavy (non-hydrogen) atoms. The molecule has 1 aromatic rings. The van der Waals surface area contributed by atoms with Crippen LogP contribution in [0, 0.1) is 12.8 Å². The molecule has 1 aromatic carbocycles. The Hall–Kier alpha value is -1.76. The van der Waals surface area contributed by atoms with Gasteiger partial charge in [-0.2, -0.15) is 13.2 Å². The number of carbonyl (C=O) groups excluding carboxylic acids is 2. The number of nitrogens with zero attached hydrogens (tertiary/aromatic N) is 2. The summed E-state index contributed by atoms with van der Waals surface area (Å²) in [5, 5.41) is 0.595. The summed E-state index contributed by atoms with van der Waals surface area (Å²) < 4.78 is 37.6. The minimum atomic E-state index is -4.46. The van der Waals surface area contributed by atoms with Gasteiger partial charge in [-0.15, -0.1) is 0 Å². The SMILES string of the molecule is Cc1cc(Cl)cc2c1N(C(=O)C1CC(=O)N(CC(F)(F)F)C1)CCC2.